The fraction of sp³-hybridized carbons (Fsp3) is 0.125. The van der Waals surface area contributed by atoms with Gasteiger partial charge in [-0.25, -0.2) is 23.1 Å². The Balaban J connectivity index is 1.49. The Labute approximate surface area is 211 Å². The van der Waals surface area contributed by atoms with E-state index in [2.05, 4.69) is 35.2 Å². The molecular weight excluding hydrogens is 507 g/mol. The molecule has 0 aliphatic carbocycles. The molecular formula is C24H16F3N7O2S. The number of aryl methyl sites for hydroxylation is 1. The van der Waals surface area contributed by atoms with Crippen LogP contribution in [0.15, 0.2) is 49.1 Å². The molecule has 0 radical (unpaired) electrons. The summed E-state index contributed by atoms with van der Waals surface area (Å²) in [5.74, 6) is -0.820. The molecule has 5 heterocycles. The van der Waals surface area contributed by atoms with Gasteiger partial charge in [-0.15, -0.1) is 0 Å². The molecule has 186 valence electrons. The van der Waals surface area contributed by atoms with E-state index in [4.69, 9.17) is 4.74 Å². The number of aromatic nitrogens is 6. The quantitative estimate of drug-likeness (QED) is 0.321. The van der Waals surface area contributed by atoms with Crippen molar-refractivity contribution < 1.29 is 22.7 Å². The Bertz CT molecular complexity index is 1630. The first-order valence-electron chi connectivity index (χ1n) is 10.7. The zero-order valence-electron chi connectivity index (χ0n) is 19.2. The molecule has 0 saturated carbocycles. The van der Waals surface area contributed by atoms with Gasteiger partial charge < -0.3 is 4.74 Å². The second-order valence-corrected chi connectivity index (χ2v) is 8.68. The van der Waals surface area contributed by atoms with Crippen molar-refractivity contribution in [3.63, 3.8) is 0 Å². The molecule has 37 heavy (non-hydrogen) atoms. The van der Waals surface area contributed by atoms with Crippen LogP contribution in [0.3, 0.4) is 0 Å². The summed E-state index contributed by atoms with van der Waals surface area (Å²) in [7, 11) is 1.38. The Morgan fingerprint density at radius 3 is 2.54 bits per heavy atom. The van der Waals surface area contributed by atoms with Gasteiger partial charge in [-0.1, -0.05) is 11.3 Å². The first-order valence-corrected chi connectivity index (χ1v) is 11.5. The predicted octanol–water partition coefficient (Wildman–Crippen LogP) is 5.25. The molecule has 0 saturated heterocycles. The summed E-state index contributed by atoms with van der Waals surface area (Å²) in [5, 5.41) is 2.91. The van der Waals surface area contributed by atoms with Gasteiger partial charge in [0.1, 0.15) is 23.0 Å². The maximum atomic E-state index is 13.3. The number of halogens is 3. The van der Waals surface area contributed by atoms with Gasteiger partial charge in [0.15, 0.2) is 15.6 Å². The number of alkyl halides is 2. The summed E-state index contributed by atoms with van der Waals surface area (Å²) in [4.78, 5) is 38.6. The van der Waals surface area contributed by atoms with Crippen molar-refractivity contribution in [3.05, 3.63) is 71.8 Å². The standard InChI is InChI=1S/C24H16F3N7O2S/c1-11-5-13(14-6-17(20(26)27)30-10-19(14)36-2)15(8-28-11)22(35)34-24-33-21-23(37-24)32-18(9-31-21)16-4-3-12(25)7-29-16/h3-10,20H,1-2H3,(H,31,33,34,35). The van der Waals surface area contributed by atoms with Crippen molar-refractivity contribution in [2.24, 2.45) is 0 Å². The van der Waals surface area contributed by atoms with Crippen LogP contribution in [0, 0.1) is 12.7 Å². The van der Waals surface area contributed by atoms with Crippen molar-refractivity contribution in [1.82, 2.24) is 29.9 Å². The molecule has 1 amide bonds. The van der Waals surface area contributed by atoms with Gasteiger partial charge in [0, 0.05) is 23.0 Å². The van der Waals surface area contributed by atoms with E-state index in [1.54, 1.807) is 13.0 Å². The summed E-state index contributed by atoms with van der Waals surface area (Å²) in [6, 6.07) is 5.53. The average Bonchev–Trinajstić information content (AvgIpc) is 3.30. The molecule has 0 aliphatic heterocycles. The minimum Gasteiger partial charge on any atom is -0.494 e. The van der Waals surface area contributed by atoms with Gasteiger partial charge in [0.2, 0.25) is 0 Å². The van der Waals surface area contributed by atoms with Crippen LogP contribution >= 0.6 is 11.3 Å². The summed E-state index contributed by atoms with van der Waals surface area (Å²) in [6.07, 6.45) is 2.26. The first-order chi connectivity index (χ1) is 17.8. The lowest BCUT2D eigenvalue weighted by Crippen LogP contribution is -2.14. The number of hydrogen-bond donors (Lipinski definition) is 1. The van der Waals surface area contributed by atoms with Gasteiger partial charge in [-0.05, 0) is 31.2 Å². The number of methoxy groups -OCH3 is 1. The number of nitrogens with zero attached hydrogens (tertiary/aromatic N) is 6. The summed E-state index contributed by atoms with van der Waals surface area (Å²) >= 11 is 1.08. The number of thiazole rings is 1. The lowest BCUT2D eigenvalue weighted by molar-refractivity contribution is 0.102. The molecule has 1 N–H and O–H groups in total. The van der Waals surface area contributed by atoms with Crippen molar-refractivity contribution in [3.8, 4) is 28.3 Å². The molecule has 0 unspecified atom stereocenters. The van der Waals surface area contributed by atoms with Crippen LogP contribution in [0.25, 0.3) is 33.0 Å². The predicted molar refractivity (Wildman–Crippen MR) is 130 cm³/mol. The second kappa shape index (κ2) is 9.85. The van der Waals surface area contributed by atoms with E-state index >= 15 is 0 Å². The largest absolute Gasteiger partial charge is 0.494 e. The normalized spacial score (nSPS) is 11.2. The summed E-state index contributed by atoms with van der Waals surface area (Å²) in [5.41, 5.74) is 1.99. The van der Waals surface area contributed by atoms with Gasteiger partial charge in [-0.2, -0.15) is 4.98 Å². The molecule has 5 aromatic rings. The highest BCUT2D eigenvalue weighted by atomic mass is 32.1. The highest BCUT2D eigenvalue weighted by Gasteiger charge is 2.21. The van der Waals surface area contributed by atoms with Crippen molar-refractivity contribution in [2.45, 2.75) is 13.3 Å². The third-order valence-corrected chi connectivity index (χ3v) is 6.09. The fourth-order valence-corrected chi connectivity index (χ4v) is 4.30. The smallest absolute Gasteiger partial charge is 0.280 e. The summed E-state index contributed by atoms with van der Waals surface area (Å²) < 4.78 is 45.2. The minimum absolute atomic E-state index is 0.117. The lowest BCUT2D eigenvalue weighted by atomic mass is 9.99. The maximum Gasteiger partial charge on any atom is 0.280 e. The van der Waals surface area contributed by atoms with Crippen LogP contribution in [0.1, 0.15) is 28.2 Å². The van der Waals surface area contributed by atoms with E-state index in [0.717, 1.165) is 17.5 Å². The zero-order valence-corrected chi connectivity index (χ0v) is 20.1. The number of pyridine rings is 3. The van der Waals surface area contributed by atoms with Crippen LogP contribution in [-0.2, 0) is 0 Å². The maximum absolute atomic E-state index is 13.3. The van der Waals surface area contributed by atoms with E-state index in [0.29, 0.717) is 33.1 Å². The Morgan fingerprint density at radius 2 is 1.81 bits per heavy atom. The number of carbonyl (C=O) groups is 1. The van der Waals surface area contributed by atoms with E-state index in [1.807, 2.05) is 0 Å². The fourth-order valence-electron chi connectivity index (χ4n) is 3.51. The third kappa shape index (κ3) is 4.93. The van der Waals surface area contributed by atoms with Crippen LogP contribution in [0.2, 0.25) is 0 Å². The number of carbonyl (C=O) groups excluding carboxylic acids is 1. The van der Waals surface area contributed by atoms with Crippen LogP contribution < -0.4 is 10.1 Å². The number of ether oxygens (including phenoxy) is 1. The van der Waals surface area contributed by atoms with E-state index in [-0.39, 0.29) is 22.0 Å². The summed E-state index contributed by atoms with van der Waals surface area (Å²) in [6.45, 7) is 1.71. The highest BCUT2D eigenvalue weighted by Crippen LogP contribution is 2.35. The van der Waals surface area contributed by atoms with Crippen molar-refractivity contribution in [2.75, 3.05) is 12.4 Å². The zero-order chi connectivity index (χ0) is 26.1. The number of rotatable bonds is 6. The number of hydrogen-bond acceptors (Lipinski definition) is 9. The van der Waals surface area contributed by atoms with Gasteiger partial charge in [0.05, 0.1) is 37.0 Å². The van der Waals surface area contributed by atoms with Crippen LogP contribution in [0.4, 0.5) is 18.3 Å². The van der Waals surface area contributed by atoms with Crippen molar-refractivity contribution >= 4 is 32.9 Å². The van der Waals surface area contributed by atoms with Crippen LogP contribution in [0.5, 0.6) is 5.75 Å². The Hall–Kier alpha value is -4.52. The number of amides is 1. The van der Waals surface area contributed by atoms with Crippen LogP contribution in [-0.4, -0.2) is 42.9 Å². The molecule has 0 spiro atoms. The molecule has 5 rings (SSSR count). The molecule has 0 aromatic carbocycles. The molecule has 0 aliphatic rings. The molecule has 0 fully saturated rings. The second-order valence-electron chi connectivity index (χ2n) is 7.70. The molecule has 0 bridgehead atoms. The Kier molecular flexibility index (Phi) is 6.44. The van der Waals surface area contributed by atoms with E-state index in [1.165, 1.54) is 43.9 Å². The monoisotopic (exact) mass is 523 g/mol. The molecule has 13 heteroatoms. The van der Waals surface area contributed by atoms with Gasteiger partial charge in [-0.3, -0.25) is 25.1 Å². The number of fused-ring (bicyclic) bond motifs is 1. The first kappa shape index (κ1) is 24.2. The lowest BCUT2D eigenvalue weighted by Gasteiger charge is -2.14. The molecule has 9 nitrogen and oxygen atoms in total. The van der Waals surface area contributed by atoms with Crippen molar-refractivity contribution in [1.29, 1.82) is 0 Å². The Morgan fingerprint density at radius 1 is 0.973 bits per heavy atom. The molecule has 5 aromatic heterocycles. The third-order valence-electron chi connectivity index (χ3n) is 5.24. The minimum atomic E-state index is -2.80. The number of anilines is 1. The number of nitrogens with one attached hydrogen (secondary N) is 1. The SMILES string of the molecule is COc1cnc(C(F)F)cc1-c1cc(C)ncc1C(=O)Nc1nc2ncc(-c3ccc(F)cn3)nc2s1. The highest BCUT2D eigenvalue weighted by molar-refractivity contribution is 7.21. The van der Waals surface area contributed by atoms with E-state index < -0.39 is 23.8 Å². The van der Waals surface area contributed by atoms with E-state index in [9.17, 15) is 18.0 Å². The van der Waals surface area contributed by atoms with Gasteiger partial charge in [0.25, 0.3) is 12.3 Å². The van der Waals surface area contributed by atoms with Gasteiger partial charge >= 0.3 is 0 Å². The molecule has 0 atom stereocenters. The topological polar surface area (TPSA) is 116 Å². The average molecular weight is 524 g/mol.